The highest BCUT2D eigenvalue weighted by molar-refractivity contribution is 7.80. The van der Waals surface area contributed by atoms with E-state index in [2.05, 4.69) is 44.3 Å². The zero-order valence-electron chi connectivity index (χ0n) is 17.3. The maximum absolute atomic E-state index is 13.4. The third-order valence-corrected chi connectivity index (χ3v) is 7.34. The van der Waals surface area contributed by atoms with E-state index in [9.17, 15) is 4.39 Å². The number of benzene rings is 2. The molecule has 2 aromatic carbocycles. The van der Waals surface area contributed by atoms with Crippen molar-refractivity contribution in [3.05, 3.63) is 71.0 Å². The quantitative estimate of drug-likeness (QED) is 0.742. The molecule has 2 atom stereocenters. The van der Waals surface area contributed by atoms with Gasteiger partial charge >= 0.3 is 0 Å². The number of thiocarbonyl (C=S) groups is 1. The maximum atomic E-state index is 13.4. The monoisotopic (exact) mass is 424 g/mol. The molecule has 3 aliphatic rings. The van der Waals surface area contributed by atoms with Crippen LogP contribution in [0.15, 0.2) is 48.5 Å². The van der Waals surface area contributed by atoms with Crippen molar-refractivity contribution in [2.45, 2.75) is 18.4 Å². The fourth-order valence-corrected chi connectivity index (χ4v) is 5.54. The van der Waals surface area contributed by atoms with E-state index in [1.54, 1.807) is 12.1 Å². The number of hydrogen-bond acceptors (Lipinski definition) is 3. The minimum Gasteiger partial charge on any atom is -0.361 e. The summed E-state index contributed by atoms with van der Waals surface area (Å²) in [6.07, 6.45) is 1.08. The van der Waals surface area contributed by atoms with Gasteiger partial charge < -0.3 is 10.2 Å². The molecule has 0 unspecified atom stereocenters. The number of nitrogens with one attached hydrogen (secondary N) is 1. The molecule has 2 heterocycles. The van der Waals surface area contributed by atoms with Crippen molar-refractivity contribution in [1.82, 2.24) is 20.0 Å². The number of nitrogens with zero attached hydrogens (tertiary/aromatic N) is 3. The molecule has 1 N–H and O–H groups in total. The molecule has 2 aliphatic heterocycles. The van der Waals surface area contributed by atoms with Crippen LogP contribution in [0.3, 0.4) is 0 Å². The molecule has 30 heavy (non-hydrogen) atoms. The first kappa shape index (κ1) is 19.9. The van der Waals surface area contributed by atoms with E-state index in [1.807, 2.05) is 12.1 Å². The second-order valence-corrected chi connectivity index (χ2v) is 8.97. The summed E-state index contributed by atoms with van der Waals surface area (Å²) >= 11 is 5.36. The van der Waals surface area contributed by atoms with Crippen molar-refractivity contribution in [2.75, 3.05) is 52.4 Å². The first-order valence-electron chi connectivity index (χ1n) is 11.0. The topological polar surface area (TPSA) is 21.8 Å². The molecule has 2 saturated heterocycles. The van der Waals surface area contributed by atoms with Crippen LogP contribution in [0.4, 0.5) is 4.39 Å². The molecule has 0 aromatic heterocycles. The van der Waals surface area contributed by atoms with Crippen LogP contribution >= 0.6 is 12.2 Å². The van der Waals surface area contributed by atoms with E-state index in [0.29, 0.717) is 12.0 Å². The summed E-state index contributed by atoms with van der Waals surface area (Å²) < 4.78 is 13.4. The first-order valence-corrected chi connectivity index (χ1v) is 11.4. The smallest absolute Gasteiger partial charge is 0.169 e. The van der Waals surface area contributed by atoms with Gasteiger partial charge in [-0.25, -0.2) is 4.39 Å². The fraction of sp³-hybridized carbons (Fsp3) is 0.458. The first-order chi connectivity index (χ1) is 14.7. The molecule has 0 bridgehead atoms. The van der Waals surface area contributed by atoms with Crippen molar-refractivity contribution in [3.63, 3.8) is 0 Å². The third-order valence-electron chi connectivity index (χ3n) is 6.94. The minimum absolute atomic E-state index is 0.164. The van der Waals surface area contributed by atoms with Crippen LogP contribution in [0, 0.1) is 5.82 Å². The van der Waals surface area contributed by atoms with Gasteiger partial charge in [0.05, 0.1) is 0 Å². The Bertz CT molecular complexity index is 894. The number of piperazine rings is 1. The highest BCUT2D eigenvalue weighted by Crippen LogP contribution is 2.46. The molecule has 4 nitrogen and oxygen atoms in total. The van der Waals surface area contributed by atoms with Gasteiger partial charge in [-0.15, -0.1) is 0 Å². The van der Waals surface area contributed by atoms with Crippen LogP contribution in [0.2, 0.25) is 0 Å². The molecule has 158 valence electrons. The lowest BCUT2D eigenvalue weighted by molar-refractivity contribution is 0.0921. The average molecular weight is 425 g/mol. The van der Waals surface area contributed by atoms with E-state index >= 15 is 0 Å². The summed E-state index contributed by atoms with van der Waals surface area (Å²) in [4.78, 5) is 7.50. The average Bonchev–Trinajstić information content (AvgIpc) is 3.37. The Morgan fingerprint density at radius 2 is 1.63 bits per heavy atom. The maximum Gasteiger partial charge on any atom is 0.169 e. The van der Waals surface area contributed by atoms with E-state index in [1.165, 1.54) is 16.7 Å². The molecular weight excluding hydrogens is 395 g/mol. The molecule has 5 rings (SSSR count). The summed E-state index contributed by atoms with van der Waals surface area (Å²) in [5, 5.41) is 4.15. The van der Waals surface area contributed by atoms with Gasteiger partial charge in [0.2, 0.25) is 0 Å². The zero-order chi connectivity index (χ0) is 20.5. The Morgan fingerprint density at radius 1 is 0.900 bits per heavy atom. The molecule has 0 amide bonds. The molecule has 0 spiro atoms. The molecule has 6 heteroatoms. The number of hydrogen-bond donors (Lipinski definition) is 1. The Kier molecular flexibility index (Phi) is 5.72. The van der Waals surface area contributed by atoms with Crippen LogP contribution in [0.25, 0.3) is 0 Å². The van der Waals surface area contributed by atoms with E-state index in [-0.39, 0.29) is 5.82 Å². The second-order valence-electron chi connectivity index (χ2n) is 8.58. The van der Waals surface area contributed by atoms with Gasteiger partial charge in [0, 0.05) is 64.3 Å². The lowest BCUT2D eigenvalue weighted by Crippen LogP contribution is -2.49. The summed E-state index contributed by atoms with van der Waals surface area (Å²) in [5.41, 5.74) is 4.08. The van der Waals surface area contributed by atoms with Crippen molar-refractivity contribution in [3.8, 4) is 0 Å². The van der Waals surface area contributed by atoms with Crippen molar-refractivity contribution >= 4 is 17.3 Å². The zero-order valence-corrected chi connectivity index (χ0v) is 18.1. The van der Waals surface area contributed by atoms with E-state index in [4.69, 9.17) is 12.2 Å². The van der Waals surface area contributed by atoms with Gasteiger partial charge in [0.15, 0.2) is 5.11 Å². The highest BCUT2D eigenvalue weighted by atomic mass is 32.1. The van der Waals surface area contributed by atoms with Gasteiger partial charge in [-0.1, -0.05) is 36.4 Å². The molecular formula is C24H29FN4S. The highest BCUT2D eigenvalue weighted by Gasteiger charge is 2.36. The minimum atomic E-state index is -0.164. The second kappa shape index (κ2) is 8.61. The van der Waals surface area contributed by atoms with Gasteiger partial charge in [0.25, 0.3) is 0 Å². The van der Waals surface area contributed by atoms with Crippen molar-refractivity contribution in [2.24, 2.45) is 0 Å². The number of rotatable bonds is 5. The SMILES string of the molecule is Fc1ccc([C@@H]2C[C@@H](N3CCN(CCN4CCNC4=S)CC3)c3ccccc32)cc1. The standard InChI is InChI=1S/C24H29FN4S/c25-19-7-5-18(6-8-19)22-17-23(21-4-2-1-3-20(21)22)28-14-11-27(12-15-28)13-16-29-10-9-26-24(29)30/h1-8,22-23H,9-17H2,(H,26,30)/t22-,23+/m0/s1. The Labute approximate surface area is 183 Å². The summed E-state index contributed by atoms with van der Waals surface area (Å²) in [6, 6.07) is 16.4. The Hall–Kier alpha value is -2.02. The Morgan fingerprint density at radius 3 is 2.33 bits per heavy atom. The van der Waals surface area contributed by atoms with Crippen LogP contribution in [-0.4, -0.2) is 72.2 Å². The molecule has 2 fully saturated rings. The van der Waals surface area contributed by atoms with Crippen LogP contribution < -0.4 is 5.32 Å². The summed E-state index contributed by atoms with van der Waals surface area (Å²) in [6.45, 7) is 8.50. The number of fused-ring (bicyclic) bond motifs is 1. The van der Waals surface area contributed by atoms with Crippen LogP contribution in [0.1, 0.15) is 35.1 Å². The molecule has 0 radical (unpaired) electrons. The number of halogens is 1. The fourth-order valence-electron chi connectivity index (χ4n) is 5.25. The molecule has 0 saturated carbocycles. The van der Waals surface area contributed by atoms with Crippen LogP contribution in [0.5, 0.6) is 0 Å². The lowest BCUT2D eigenvalue weighted by Gasteiger charge is -2.39. The van der Waals surface area contributed by atoms with E-state index in [0.717, 1.165) is 63.9 Å². The predicted octanol–water partition coefficient (Wildman–Crippen LogP) is 3.21. The Balaban J connectivity index is 1.23. The predicted molar refractivity (Wildman–Crippen MR) is 122 cm³/mol. The van der Waals surface area contributed by atoms with E-state index < -0.39 is 0 Å². The van der Waals surface area contributed by atoms with Gasteiger partial charge in [0.1, 0.15) is 5.82 Å². The van der Waals surface area contributed by atoms with Crippen molar-refractivity contribution in [1.29, 1.82) is 0 Å². The van der Waals surface area contributed by atoms with Crippen molar-refractivity contribution < 1.29 is 4.39 Å². The molecule has 1 aliphatic carbocycles. The van der Waals surface area contributed by atoms with Gasteiger partial charge in [-0.2, -0.15) is 0 Å². The summed E-state index contributed by atoms with van der Waals surface area (Å²) in [5.74, 6) is 0.191. The normalized spacial score (nSPS) is 24.8. The van der Waals surface area contributed by atoms with Gasteiger partial charge in [-0.3, -0.25) is 9.80 Å². The third kappa shape index (κ3) is 3.96. The van der Waals surface area contributed by atoms with Gasteiger partial charge in [-0.05, 0) is 47.5 Å². The largest absolute Gasteiger partial charge is 0.361 e. The lowest BCUT2D eigenvalue weighted by atomic mass is 9.93. The molecule has 2 aromatic rings. The summed E-state index contributed by atoms with van der Waals surface area (Å²) in [7, 11) is 0. The van der Waals surface area contributed by atoms with Crippen LogP contribution in [-0.2, 0) is 0 Å².